The van der Waals surface area contributed by atoms with Gasteiger partial charge in [-0.1, -0.05) is 52.8 Å². The first-order chi connectivity index (χ1) is 36.3. The molecule has 2 fully saturated rings. The zero-order valence-electron chi connectivity index (χ0n) is 43.7. The number of thiazole rings is 1. The van der Waals surface area contributed by atoms with Crippen LogP contribution in [0, 0.1) is 5.92 Å². The molecule has 77 heavy (non-hydrogen) atoms. The number of benzene rings is 3. The number of methoxy groups -OCH3 is 2. The standard InChI is InChI=1S/C50H55BClN9O14S2/c1-47(2,3)72-43(65)49(7,8)75-57-38(33-25-76-45(53)54-33)34(62)21-32-41(64)60-26-50(44(66)74-51,77-42(32)60)61-56-36(55-58-61)22-59(46(67)73-48(4,5)6)40(63)31-19-20-35(70-23-27-11-15-29(68-9)16-12-27)39(37(31)52)71-24-28-13-17-30(69-10)18-14-28/h11-20,25,32,42H,21-24,26H2,1-10H3,(H2,53,54)/b57-38-/t32?,42-,50-/m1/s1. The van der Waals surface area contributed by atoms with Gasteiger partial charge in [0.05, 0.1) is 49.2 Å². The summed E-state index contributed by atoms with van der Waals surface area (Å²) in [5, 5.41) is 17.2. The number of tetrazole rings is 1. The highest BCUT2D eigenvalue weighted by molar-refractivity contribution is 8.01. The first-order valence-electron chi connectivity index (χ1n) is 23.6. The van der Waals surface area contributed by atoms with E-state index in [0.717, 1.165) is 39.0 Å². The first-order valence-corrected chi connectivity index (χ1v) is 25.7. The summed E-state index contributed by atoms with van der Waals surface area (Å²) in [6, 6.07) is 17.1. The highest BCUT2D eigenvalue weighted by Gasteiger charge is 2.64. The minimum absolute atomic E-state index is 0.0125. The third kappa shape index (κ3) is 13.2. The maximum Gasteiger partial charge on any atom is 0.417 e. The number of ketones is 1. The molecule has 2 aliphatic rings. The van der Waals surface area contributed by atoms with Crippen LogP contribution >= 0.6 is 34.7 Å². The zero-order valence-corrected chi connectivity index (χ0v) is 46.1. The molecule has 2 radical (unpaired) electrons. The minimum atomic E-state index is -1.99. The number of hydrogen-bond donors (Lipinski definition) is 1. The number of nitrogens with zero attached hydrogens (tertiary/aromatic N) is 8. The molecule has 1 unspecified atom stereocenters. The predicted octanol–water partition coefficient (Wildman–Crippen LogP) is 6.43. The minimum Gasteiger partial charge on any atom is -0.541 e. The van der Waals surface area contributed by atoms with E-state index in [2.05, 4.69) is 25.6 Å². The van der Waals surface area contributed by atoms with Gasteiger partial charge in [0.15, 0.2) is 33.9 Å². The quantitative estimate of drug-likeness (QED) is 0.0289. The van der Waals surface area contributed by atoms with E-state index in [1.807, 2.05) is 12.1 Å². The molecule has 23 nitrogen and oxygen atoms in total. The Hall–Kier alpha value is -7.45. The lowest BCUT2D eigenvalue weighted by molar-refractivity contribution is -0.179. The van der Waals surface area contributed by atoms with Gasteiger partial charge in [-0.15, -0.1) is 26.3 Å². The molecule has 2 aliphatic heterocycles. The summed E-state index contributed by atoms with van der Waals surface area (Å²) in [5.74, 6) is -3.93. The molecule has 3 amide bonds. The molecule has 4 heterocycles. The second kappa shape index (κ2) is 23.0. The van der Waals surface area contributed by atoms with E-state index in [0.29, 0.717) is 16.4 Å². The number of aromatic nitrogens is 5. The molecule has 3 atom stereocenters. The number of nitrogens with two attached hydrogens (primary N) is 1. The summed E-state index contributed by atoms with van der Waals surface area (Å²) in [6.45, 7) is 11.6. The van der Waals surface area contributed by atoms with Crippen LogP contribution in [0.25, 0.3) is 0 Å². The van der Waals surface area contributed by atoms with Gasteiger partial charge in [0.25, 0.3) is 5.91 Å². The topological polar surface area (TPSA) is 278 Å². The van der Waals surface area contributed by atoms with E-state index < -0.39 is 88.1 Å². The van der Waals surface area contributed by atoms with E-state index in [1.165, 1.54) is 36.3 Å². The number of carbonyl (C=O) groups is 6. The third-order valence-corrected chi connectivity index (χ3v) is 14.1. The molecule has 2 N–H and O–H groups in total. The van der Waals surface area contributed by atoms with Crippen molar-refractivity contribution < 1.29 is 66.7 Å². The molecular formula is C50H55BClN9O14S2. The van der Waals surface area contributed by atoms with E-state index in [4.69, 9.17) is 63.3 Å². The molecule has 0 spiro atoms. The Kier molecular flexibility index (Phi) is 17.1. The highest BCUT2D eigenvalue weighted by atomic mass is 35.5. The number of ether oxygens (including phenoxy) is 6. The van der Waals surface area contributed by atoms with Gasteiger partial charge in [0, 0.05) is 11.8 Å². The second-order valence-corrected chi connectivity index (χ2v) is 22.6. The van der Waals surface area contributed by atoms with Gasteiger partial charge < -0.3 is 48.5 Å². The van der Waals surface area contributed by atoms with E-state index in [-0.39, 0.29) is 57.7 Å². The summed E-state index contributed by atoms with van der Waals surface area (Å²) in [4.78, 5) is 93.9. The molecule has 2 saturated heterocycles. The Morgan fingerprint density at radius 2 is 1.49 bits per heavy atom. The van der Waals surface area contributed by atoms with Crippen molar-refractivity contribution in [2.24, 2.45) is 11.1 Å². The van der Waals surface area contributed by atoms with Crippen molar-refractivity contribution in [2.75, 3.05) is 26.5 Å². The van der Waals surface area contributed by atoms with E-state index >= 15 is 0 Å². The lowest BCUT2D eigenvalue weighted by Gasteiger charge is -2.40. The number of thioether (sulfide) groups is 1. The number of Topliss-reactive ketones (excluding diaryl/α,β-unsaturated/α-hetero) is 1. The van der Waals surface area contributed by atoms with Gasteiger partial charge in [-0.25, -0.2) is 19.5 Å². The molecule has 2 aromatic heterocycles. The molecule has 0 bridgehead atoms. The lowest BCUT2D eigenvalue weighted by atomic mass is 9.90. The van der Waals surface area contributed by atoms with Gasteiger partial charge in [-0.05, 0) is 108 Å². The zero-order chi connectivity index (χ0) is 56.2. The smallest absolute Gasteiger partial charge is 0.417 e. The van der Waals surface area contributed by atoms with Crippen molar-refractivity contribution in [3.05, 3.63) is 99.3 Å². The number of fused-ring (bicyclic) bond motifs is 1. The Morgan fingerprint density at radius 3 is 2.05 bits per heavy atom. The number of hydrogen-bond acceptors (Lipinski definition) is 22. The van der Waals surface area contributed by atoms with Crippen LogP contribution in [-0.2, 0) is 62.8 Å². The number of imide groups is 1. The highest BCUT2D eigenvalue weighted by Crippen LogP contribution is 2.53. The Balaban J connectivity index is 1.14. The van der Waals surface area contributed by atoms with Crippen LogP contribution < -0.4 is 24.7 Å². The Bertz CT molecular complexity index is 3070. The number of oxime groups is 1. The van der Waals surface area contributed by atoms with Crippen LogP contribution in [-0.4, -0.2) is 127 Å². The molecule has 0 saturated carbocycles. The number of halogens is 1. The molecule has 406 valence electrons. The van der Waals surface area contributed by atoms with Crippen molar-refractivity contribution in [3.63, 3.8) is 0 Å². The summed E-state index contributed by atoms with van der Waals surface area (Å²) in [7, 11) is 8.57. The summed E-state index contributed by atoms with van der Waals surface area (Å²) in [6.07, 6.45) is -1.57. The number of carbonyl (C=O) groups excluding carboxylic acids is 6. The molecular weight excluding hydrogens is 1060 g/mol. The summed E-state index contributed by atoms with van der Waals surface area (Å²) >= 11 is 8.92. The predicted molar refractivity (Wildman–Crippen MR) is 280 cm³/mol. The van der Waals surface area contributed by atoms with Crippen molar-refractivity contribution in [1.82, 2.24) is 35.0 Å². The lowest BCUT2D eigenvalue weighted by Crippen LogP contribution is -2.58. The molecule has 5 aromatic rings. The monoisotopic (exact) mass is 1120 g/mol. The number of β-lactam (4-membered cyclic amide) rings is 1. The van der Waals surface area contributed by atoms with Crippen molar-refractivity contribution in [2.45, 2.75) is 109 Å². The normalized spacial score (nSPS) is 17.4. The second-order valence-electron chi connectivity index (χ2n) is 19.9. The molecule has 3 aromatic carbocycles. The third-order valence-electron chi connectivity index (χ3n) is 11.4. The van der Waals surface area contributed by atoms with Gasteiger partial charge in [-0.2, -0.15) is 0 Å². The van der Waals surface area contributed by atoms with Crippen LogP contribution in [0.3, 0.4) is 0 Å². The van der Waals surface area contributed by atoms with E-state index in [9.17, 15) is 28.8 Å². The van der Waals surface area contributed by atoms with Crippen molar-refractivity contribution in [3.8, 4) is 23.0 Å². The number of amides is 3. The Morgan fingerprint density at radius 1 is 0.883 bits per heavy atom. The van der Waals surface area contributed by atoms with Crippen molar-refractivity contribution >= 4 is 89.2 Å². The van der Waals surface area contributed by atoms with Gasteiger partial charge in [0.2, 0.25) is 16.4 Å². The van der Waals surface area contributed by atoms with Crippen molar-refractivity contribution in [1.29, 1.82) is 0 Å². The maximum absolute atomic E-state index is 14.7. The number of anilines is 1. The first kappa shape index (κ1) is 57.3. The number of esters is 1. The fourth-order valence-corrected chi connectivity index (χ4v) is 9.94. The largest absolute Gasteiger partial charge is 0.541 e. The van der Waals surface area contributed by atoms with Gasteiger partial charge >= 0.3 is 26.1 Å². The van der Waals surface area contributed by atoms with Gasteiger partial charge in [0.1, 0.15) is 41.6 Å². The van der Waals surface area contributed by atoms with Crippen LogP contribution in [0.1, 0.15) is 94.8 Å². The van der Waals surface area contributed by atoms with E-state index in [1.54, 1.807) is 92.2 Å². The van der Waals surface area contributed by atoms with Crippen LogP contribution in [0.15, 0.2) is 71.2 Å². The fraction of sp³-hybridized carbons (Fsp3) is 0.420. The summed E-state index contributed by atoms with van der Waals surface area (Å²) < 4.78 is 38.8. The number of rotatable bonds is 20. The van der Waals surface area contributed by atoms with Crippen LogP contribution in [0.2, 0.25) is 5.02 Å². The SMILES string of the molecule is [B]OC(=O)[C@@]1(n2nnc(CN(C(=O)OC(C)(C)C)C(=O)c3ccc(OCc4ccc(OC)cc4)c(OCc4ccc(OC)cc4)c3Cl)n2)CN2C(=O)C(CC(=O)/C(=N\OC(C)(C)C(=O)OC(C)(C)C)c3csc(N)n3)[C@H]2S1. The summed E-state index contributed by atoms with van der Waals surface area (Å²) in [5.41, 5.74) is 3.30. The molecule has 27 heteroatoms. The van der Waals surface area contributed by atoms with Crippen LogP contribution in [0.5, 0.6) is 23.0 Å². The maximum atomic E-state index is 14.7. The number of nitrogen functional groups attached to an aromatic ring is 1. The Labute approximate surface area is 457 Å². The van der Waals surface area contributed by atoms with Crippen LogP contribution in [0.4, 0.5) is 9.93 Å². The average Bonchev–Trinajstić information content (AvgIpc) is 4.13. The fourth-order valence-electron chi connectivity index (χ4n) is 7.49. The molecule has 0 aliphatic carbocycles. The average molecular weight is 1120 g/mol. The van der Waals surface area contributed by atoms with Gasteiger partial charge in [-0.3, -0.25) is 19.2 Å². The molecule has 7 rings (SSSR count).